The molecule has 2 aromatic heterocycles. The summed E-state index contributed by atoms with van der Waals surface area (Å²) in [5.74, 6) is 4.06. The summed E-state index contributed by atoms with van der Waals surface area (Å²) in [6.07, 6.45) is 2.44. The molecule has 1 unspecified atom stereocenters. The number of carbonyl (C=O) groups excluding carboxylic acids is 2. The van der Waals surface area contributed by atoms with Gasteiger partial charge in [0, 0.05) is 60.7 Å². The van der Waals surface area contributed by atoms with Crippen LogP contribution in [0.1, 0.15) is 50.5 Å². The van der Waals surface area contributed by atoms with Gasteiger partial charge in [-0.3, -0.25) is 33.7 Å². The summed E-state index contributed by atoms with van der Waals surface area (Å²) in [4.78, 5) is 43.8. The third-order valence-electron chi connectivity index (χ3n) is 7.48. The van der Waals surface area contributed by atoms with E-state index in [1.807, 2.05) is 6.92 Å². The zero-order chi connectivity index (χ0) is 33.6. The maximum absolute atomic E-state index is 14.2. The summed E-state index contributed by atoms with van der Waals surface area (Å²) in [5, 5.41) is 28.0. The molecular formula is C34H34N6O6S. The minimum absolute atomic E-state index is 0.125. The highest BCUT2D eigenvalue weighted by molar-refractivity contribution is 8.00. The number of carbonyl (C=O) groups is 3. The highest BCUT2D eigenvalue weighted by Crippen LogP contribution is 2.19. The first kappa shape index (κ1) is 33.1. The van der Waals surface area contributed by atoms with Gasteiger partial charge in [-0.2, -0.15) is 5.10 Å². The molecule has 1 aliphatic heterocycles. The van der Waals surface area contributed by atoms with E-state index in [9.17, 15) is 28.8 Å². The van der Waals surface area contributed by atoms with Crippen molar-refractivity contribution in [1.29, 1.82) is 0 Å². The maximum atomic E-state index is 14.2. The van der Waals surface area contributed by atoms with E-state index >= 15 is 0 Å². The Hall–Kier alpha value is -5.29. The molecule has 1 saturated heterocycles. The summed E-state index contributed by atoms with van der Waals surface area (Å²) in [7, 11) is -1.53. The number of likely N-dealkylation sites (tertiary alicyclic amines) is 1. The number of hydrogen-bond donors (Lipinski definition) is 4. The first-order valence-electron chi connectivity index (χ1n) is 14.8. The Balaban J connectivity index is 1.31. The second kappa shape index (κ2) is 14.4. The van der Waals surface area contributed by atoms with Crippen LogP contribution < -0.4 is 10.0 Å². The fraction of sp³-hybridized carbons (Fsp3) is 0.235. The van der Waals surface area contributed by atoms with Crippen molar-refractivity contribution < 1.29 is 28.8 Å². The van der Waals surface area contributed by atoms with Crippen LogP contribution in [0.5, 0.6) is 0 Å². The molecule has 0 saturated carbocycles. The zero-order valence-electron chi connectivity index (χ0n) is 25.8. The van der Waals surface area contributed by atoms with Crippen LogP contribution >= 0.6 is 0 Å². The van der Waals surface area contributed by atoms with Crippen LogP contribution in [-0.4, -0.2) is 82.5 Å². The van der Waals surface area contributed by atoms with E-state index in [-0.39, 0.29) is 37.4 Å². The molecule has 4 aromatic rings. The highest BCUT2D eigenvalue weighted by Gasteiger charge is 2.35. The lowest BCUT2D eigenvalue weighted by molar-refractivity contribution is -0.142. The second-order valence-electron chi connectivity index (χ2n) is 11.1. The van der Waals surface area contributed by atoms with E-state index in [0.29, 0.717) is 27.4 Å². The minimum Gasteiger partial charge on any atom is -0.480 e. The van der Waals surface area contributed by atoms with Gasteiger partial charge in [0.25, 0.3) is 11.8 Å². The SMILES string of the molecule is Cc1cc(C(=O)Nc2cccc(C#Cc3cncc(C(=O)NS(=O)(=CCCN4C[C@@H](O)C[C@@H]4C(=O)O)c4ccccc4)c3)c2)n(C)n1. The van der Waals surface area contributed by atoms with Gasteiger partial charge >= 0.3 is 5.97 Å². The van der Waals surface area contributed by atoms with Gasteiger partial charge in [-0.25, -0.2) is 4.21 Å². The molecule has 5 rings (SSSR count). The number of amides is 2. The number of carboxylic acid groups (broad SMARTS) is 1. The summed E-state index contributed by atoms with van der Waals surface area (Å²) in [6, 6.07) is 17.9. The van der Waals surface area contributed by atoms with Gasteiger partial charge in [-0.15, -0.1) is 0 Å². The number of pyridine rings is 1. The molecule has 13 heteroatoms. The van der Waals surface area contributed by atoms with Crippen LogP contribution in [0.15, 0.2) is 84.0 Å². The number of aliphatic carboxylic acids is 1. The van der Waals surface area contributed by atoms with E-state index in [2.05, 4.69) is 32.0 Å². The number of nitrogens with zero attached hydrogens (tertiary/aromatic N) is 4. The van der Waals surface area contributed by atoms with Crippen molar-refractivity contribution in [1.82, 2.24) is 24.4 Å². The number of aryl methyl sites for hydroxylation is 2. The number of aliphatic hydroxyl groups excluding tert-OH is 1. The number of carboxylic acids is 1. The standard InChI is InChI=1S/C34H34N6O6S/c1-23-16-30(39(2)37-23)33(43)36-27-9-6-8-24(18-27)12-13-25-17-26(21-35-20-25)32(42)38-47(46,29-10-4-3-5-11-29)15-7-14-40-22-28(41)19-31(40)34(44)45/h3-6,8-11,15-18,20-21,28,31,41H,7,14,19,22H2,1-2H3,(H,36,43)(H,44,45)(H,38,42,46)/t28-,31+,47?/m0/s1. The summed E-state index contributed by atoms with van der Waals surface area (Å²) < 4.78 is 18.3. The Bertz CT molecular complexity index is 1990. The van der Waals surface area contributed by atoms with E-state index in [1.165, 1.54) is 22.4 Å². The number of β-amino-alcohol motifs (C(OH)–C–C–N with tert-alkyl or cyclic N) is 1. The topological polar surface area (TPSA) is 167 Å². The predicted octanol–water partition coefficient (Wildman–Crippen LogP) is 2.48. The number of rotatable bonds is 9. The van der Waals surface area contributed by atoms with E-state index < -0.39 is 33.7 Å². The van der Waals surface area contributed by atoms with E-state index in [1.54, 1.807) is 78.7 Å². The molecule has 47 heavy (non-hydrogen) atoms. The first-order valence-corrected chi connectivity index (χ1v) is 16.4. The molecule has 0 radical (unpaired) electrons. The molecule has 2 aromatic carbocycles. The van der Waals surface area contributed by atoms with E-state index in [0.717, 1.165) is 5.69 Å². The number of nitrogens with one attached hydrogen (secondary N) is 2. The molecule has 0 aliphatic carbocycles. The van der Waals surface area contributed by atoms with Crippen LogP contribution in [0.25, 0.3) is 0 Å². The van der Waals surface area contributed by atoms with Crippen molar-refractivity contribution in [2.24, 2.45) is 7.05 Å². The van der Waals surface area contributed by atoms with Crippen molar-refractivity contribution in [2.45, 2.75) is 36.8 Å². The Morgan fingerprint density at radius 1 is 1.02 bits per heavy atom. The fourth-order valence-electron chi connectivity index (χ4n) is 5.25. The first-order chi connectivity index (χ1) is 22.5. The van der Waals surface area contributed by atoms with Gasteiger partial charge in [0.05, 0.1) is 27.1 Å². The van der Waals surface area contributed by atoms with Crippen LogP contribution in [0.3, 0.4) is 0 Å². The third-order valence-corrected chi connectivity index (χ3v) is 9.65. The molecule has 1 aliphatic rings. The van der Waals surface area contributed by atoms with Gasteiger partial charge in [0.2, 0.25) is 0 Å². The van der Waals surface area contributed by atoms with Crippen LogP contribution in [-0.2, 0) is 21.5 Å². The minimum atomic E-state index is -3.23. The number of anilines is 1. The molecule has 0 spiro atoms. The molecule has 2 amide bonds. The number of aliphatic hydroxyl groups is 1. The second-order valence-corrected chi connectivity index (χ2v) is 13.3. The average molecular weight is 655 g/mol. The molecule has 1 fully saturated rings. The third kappa shape index (κ3) is 8.30. The maximum Gasteiger partial charge on any atom is 0.321 e. The molecule has 0 bridgehead atoms. The Labute approximate surface area is 272 Å². The average Bonchev–Trinajstić information content (AvgIpc) is 3.60. The number of aromatic nitrogens is 3. The molecular weight excluding hydrogens is 620 g/mol. The summed E-state index contributed by atoms with van der Waals surface area (Å²) in [6.45, 7) is 2.25. The normalized spacial score (nSPS) is 17.2. The van der Waals surface area contributed by atoms with Crippen molar-refractivity contribution >= 4 is 38.5 Å². The summed E-state index contributed by atoms with van der Waals surface area (Å²) in [5.41, 5.74) is 2.92. The van der Waals surface area contributed by atoms with Crippen molar-refractivity contribution in [2.75, 3.05) is 18.4 Å². The van der Waals surface area contributed by atoms with Gasteiger partial charge in [0.1, 0.15) is 11.7 Å². The molecule has 3 atom stereocenters. The Kier molecular flexibility index (Phi) is 10.2. The quantitative estimate of drug-likeness (QED) is 0.157. The zero-order valence-corrected chi connectivity index (χ0v) is 26.6. The lowest BCUT2D eigenvalue weighted by Gasteiger charge is -2.20. The Morgan fingerprint density at radius 3 is 2.51 bits per heavy atom. The molecule has 242 valence electrons. The van der Waals surface area contributed by atoms with Gasteiger partial charge in [0.15, 0.2) is 0 Å². The number of hydrogen-bond acceptors (Lipinski definition) is 8. The van der Waals surface area contributed by atoms with Gasteiger partial charge in [-0.05, 0) is 61.2 Å². The molecule has 3 heterocycles. The predicted molar refractivity (Wildman–Crippen MR) is 177 cm³/mol. The van der Waals surface area contributed by atoms with Gasteiger partial charge in [-0.1, -0.05) is 36.1 Å². The van der Waals surface area contributed by atoms with Crippen molar-refractivity contribution in [3.63, 3.8) is 0 Å². The highest BCUT2D eigenvalue weighted by atomic mass is 32.2. The van der Waals surface area contributed by atoms with Crippen LogP contribution in [0, 0.1) is 18.8 Å². The lowest BCUT2D eigenvalue weighted by Crippen LogP contribution is -2.37. The van der Waals surface area contributed by atoms with Gasteiger partial charge < -0.3 is 15.5 Å². The molecule has 12 nitrogen and oxygen atoms in total. The van der Waals surface area contributed by atoms with Crippen molar-refractivity contribution in [3.05, 3.63) is 107 Å². The summed E-state index contributed by atoms with van der Waals surface area (Å²) >= 11 is 0. The lowest BCUT2D eigenvalue weighted by atomic mass is 10.1. The van der Waals surface area contributed by atoms with Crippen molar-refractivity contribution in [3.8, 4) is 11.8 Å². The van der Waals surface area contributed by atoms with Crippen LogP contribution in [0.2, 0.25) is 0 Å². The largest absolute Gasteiger partial charge is 0.480 e. The van der Waals surface area contributed by atoms with Crippen LogP contribution in [0.4, 0.5) is 5.69 Å². The monoisotopic (exact) mass is 654 g/mol. The Morgan fingerprint density at radius 2 is 1.79 bits per heavy atom. The van der Waals surface area contributed by atoms with E-state index in [4.69, 9.17) is 0 Å². The fourth-order valence-corrected chi connectivity index (χ4v) is 7.04. The molecule has 4 N–H and O–H groups in total. The number of benzene rings is 2. The smallest absolute Gasteiger partial charge is 0.321 e.